The van der Waals surface area contributed by atoms with Crippen molar-refractivity contribution in [2.75, 3.05) is 0 Å². The zero-order valence-electron chi connectivity index (χ0n) is 13.1. The van der Waals surface area contributed by atoms with Crippen LogP contribution in [0.1, 0.15) is 44.6 Å². The van der Waals surface area contributed by atoms with Gasteiger partial charge in [0, 0.05) is 11.1 Å². The van der Waals surface area contributed by atoms with Crippen LogP contribution in [0.5, 0.6) is 0 Å². The Hall–Kier alpha value is -0.770. The monoisotopic (exact) mass is 344 g/mol. The van der Waals surface area contributed by atoms with Crippen LogP contribution in [0.4, 0.5) is 0 Å². The summed E-state index contributed by atoms with van der Waals surface area (Å²) in [6.45, 7) is 1.73. The second-order valence-electron chi connectivity index (χ2n) is 6.13. The lowest BCUT2D eigenvalue weighted by molar-refractivity contribution is -0.123. The number of halogens is 2. The SMILES string of the molecule is C[C@H](N)C(=O)NC(Cc1ccc(Cl)cc1)C1CCCCC1.Cl. The van der Waals surface area contributed by atoms with Gasteiger partial charge in [0.2, 0.25) is 5.91 Å². The molecule has 0 bridgehead atoms. The molecule has 1 aromatic rings. The van der Waals surface area contributed by atoms with Crippen LogP contribution in [0.15, 0.2) is 24.3 Å². The van der Waals surface area contributed by atoms with Gasteiger partial charge < -0.3 is 11.1 Å². The molecule has 1 aromatic carbocycles. The fourth-order valence-electron chi connectivity index (χ4n) is 3.06. The maximum Gasteiger partial charge on any atom is 0.236 e. The molecule has 2 rings (SSSR count). The van der Waals surface area contributed by atoms with Crippen LogP contribution in [0.25, 0.3) is 0 Å². The van der Waals surface area contributed by atoms with Gasteiger partial charge in [0.05, 0.1) is 6.04 Å². The smallest absolute Gasteiger partial charge is 0.236 e. The molecule has 0 saturated heterocycles. The molecule has 0 heterocycles. The Morgan fingerprint density at radius 3 is 2.41 bits per heavy atom. The lowest BCUT2D eigenvalue weighted by Crippen LogP contribution is -2.48. The molecule has 2 atom stereocenters. The highest BCUT2D eigenvalue weighted by Crippen LogP contribution is 2.28. The molecule has 0 radical (unpaired) electrons. The minimum absolute atomic E-state index is 0. The largest absolute Gasteiger partial charge is 0.351 e. The number of rotatable bonds is 5. The molecule has 3 nitrogen and oxygen atoms in total. The average molecular weight is 345 g/mol. The second kappa shape index (κ2) is 9.39. The second-order valence-corrected chi connectivity index (χ2v) is 6.57. The van der Waals surface area contributed by atoms with E-state index >= 15 is 0 Å². The maximum absolute atomic E-state index is 12.0. The first-order valence-electron chi connectivity index (χ1n) is 7.86. The molecule has 1 unspecified atom stereocenters. The Bertz CT molecular complexity index is 456. The minimum Gasteiger partial charge on any atom is -0.351 e. The quantitative estimate of drug-likeness (QED) is 0.855. The first-order valence-corrected chi connectivity index (χ1v) is 8.24. The molecule has 0 aliphatic heterocycles. The van der Waals surface area contributed by atoms with E-state index < -0.39 is 6.04 Å². The molecule has 5 heteroatoms. The van der Waals surface area contributed by atoms with Crippen molar-refractivity contribution in [3.05, 3.63) is 34.9 Å². The van der Waals surface area contributed by atoms with E-state index in [0.717, 1.165) is 11.4 Å². The zero-order valence-corrected chi connectivity index (χ0v) is 14.6. The summed E-state index contributed by atoms with van der Waals surface area (Å²) in [7, 11) is 0. The van der Waals surface area contributed by atoms with Gasteiger partial charge in [-0.05, 0) is 49.8 Å². The lowest BCUT2D eigenvalue weighted by atomic mass is 9.81. The van der Waals surface area contributed by atoms with Crippen LogP contribution in [0, 0.1) is 5.92 Å². The van der Waals surface area contributed by atoms with Crippen LogP contribution in [0.2, 0.25) is 5.02 Å². The van der Waals surface area contributed by atoms with Crippen molar-refractivity contribution in [3.63, 3.8) is 0 Å². The molecule has 3 N–H and O–H groups in total. The predicted octanol–water partition coefficient (Wildman–Crippen LogP) is 3.72. The van der Waals surface area contributed by atoms with Crippen LogP contribution in [-0.2, 0) is 11.2 Å². The molecule has 0 aromatic heterocycles. The summed E-state index contributed by atoms with van der Waals surface area (Å²) in [4.78, 5) is 12.0. The summed E-state index contributed by atoms with van der Waals surface area (Å²) in [5, 5.41) is 3.90. The standard InChI is InChI=1S/C17H25ClN2O.ClH/c1-12(19)17(21)20-16(14-5-3-2-4-6-14)11-13-7-9-15(18)10-8-13;/h7-10,12,14,16H,2-6,11,19H2,1H3,(H,20,21);1H/t12-,16?;/m0./s1. The van der Waals surface area contributed by atoms with Crippen molar-refractivity contribution in [3.8, 4) is 0 Å². The topological polar surface area (TPSA) is 55.1 Å². The summed E-state index contributed by atoms with van der Waals surface area (Å²) in [6, 6.07) is 7.60. The van der Waals surface area contributed by atoms with E-state index in [4.69, 9.17) is 17.3 Å². The van der Waals surface area contributed by atoms with E-state index in [2.05, 4.69) is 5.32 Å². The summed E-state index contributed by atoms with van der Waals surface area (Å²) in [5.41, 5.74) is 6.91. The molecule has 1 aliphatic carbocycles. The summed E-state index contributed by atoms with van der Waals surface area (Å²) < 4.78 is 0. The number of hydrogen-bond acceptors (Lipinski definition) is 2. The van der Waals surface area contributed by atoms with E-state index in [1.165, 1.54) is 37.7 Å². The van der Waals surface area contributed by atoms with Crippen LogP contribution in [-0.4, -0.2) is 18.0 Å². The fourth-order valence-corrected chi connectivity index (χ4v) is 3.19. The third-order valence-corrected chi connectivity index (χ3v) is 4.58. The van der Waals surface area contributed by atoms with Gasteiger partial charge in [0.1, 0.15) is 0 Å². The van der Waals surface area contributed by atoms with E-state index in [9.17, 15) is 4.79 Å². The third-order valence-electron chi connectivity index (χ3n) is 4.33. The van der Waals surface area contributed by atoms with Crippen molar-refractivity contribution in [1.82, 2.24) is 5.32 Å². The van der Waals surface area contributed by atoms with Crippen molar-refractivity contribution in [1.29, 1.82) is 0 Å². The van der Waals surface area contributed by atoms with Crippen molar-refractivity contribution < 1.29 is 4.79 Å². The van der Waals surface area contributed by atoms with E-state index in [0.29, 0.717) is 5.92 Å². The maximum atomic E-state index is 12.0. The van der Waals surface area contributed by atoms with Gasteiger partial charge in [0.15, 0.2) is 0 Å². The van der Waals surface area contributed by atoms with Gasteiger partial charge in [-0.25, -0.2) is 0 Å². The van der Waals surface area contributed by atoms with Crippen LogP contribution >= 0.6 is 24.0 Å². The number of benzene rings is 1. The van der Waals surface area contributed by atoms with Crippen LogP contribution < -0.4 is 11.1 Å². The van der Waals surface area contributed by atoms with Crippen molar-refractivity contribution in [2.24, 2.45) is 11.7 Å². The number of carbonyl (C=O) groups is 1. The molecule has 22 heavy (non-hydrogen) atoms. The number of hydrogen-bond donors (Lipinski definition) is 2. The van der Waals surface area contributed by atoms with E-state index in [-0.39, 0.29) is 24.4 Å². The molecular formula is C17H26Cl2N2O. The molecule has 1 fully saturated rings. The number of amides is 1. The first kappa shape index (κ1) is 19.3. The fraction of sp³-hybridized carbons (Fsp3) is 0.588. The Morgan fingerprint density at radius 1 is 1.27 bits per heavy atom. The van der Waals surface area contributed by atoms with Gasteiger partial charge in [-0.2, -0.15) is 0 Å². The van der Waals surface area contributed by atoms with Gasteiger partial charge in [-0.1, -0.05) is 43.0 Å². The molecule has 124 valence electrons. The average Bonchev–Trinajstić information content (AvgIpc) is 2.49. The Labute approximate surface area is 144 Å². The van der Waals surface area contributed by atoms with E-state index in [1.807, 2.05) is 24.3 Å². The van der Waals surface area contributed by atoms with Gasteiger partial charge in [-0.3, -0.25) is 4.79 Å². The molecule has 1 aliphatic rings. The summed E-state index contributed by atoms with van der Waals surface area (Å²) in [6.07, 6.45) is 7.06. The van der Waals surface area contributed by atoms with Crippen LogP contribution in [0.3, 0.4) is 0 Å². The van der Waals surface area contributed by atoms with Crippen molar-refractivity contribution >= 4 is 29.9 Å². The highest BCUT2D eigenvalue weighted by atomic mass is 35.5. The Kier molecular flexibility index (Phi) is 8.23. The number of nitrogens with one attached hydrogen (secondary N) is 1. The third kappa shape index (κ3) is 5.79. The molecule has 1 saturated carbocycles. The minimum atomic E-state index is -0.457. The molecular weight excluding hydrogens is 319 g/mol. The first-order chi connectivity index (χ1) is 10.1. The number of carbonyl (C=O) groups excluding carboxylic acids is 1. The predicted molar refractivity (Wildman–Crippen MR) is 94.6 cm³/mol. The highest BCUT2D eigenvalue weighted by Gasteiger charge is 2.26. The van der Waals surface area contributed by atoms with Gasteiger partial charge in [0.25, 0.3) is 0 Å². The Morgan fingerprint density at radius 2 is 1.86 bits per heavy atom. The van der Waals surface area contributed by atoms with Gasteiger partial charge in [-0.15, -0.1) is 12.4 Å². The molecule has 0 spiro atoms. The van der Waals surface area contributed by atoms with Gasteiger partial charge >= 0.3 is 0 Å². The Balaban J connectivity index is 0.00000242. The number of nitrogens with two attached hydrogens (primary N) is 1. The normalized spacial score (nSPS) is 18.1. The summed E-state index contributed by atoms with van der Waals surface area (Å²) >= 11 is 5.94. The zero-order chi connectivity index (χ0) is 15.2. The van der Waals surface area contributed by atoms with E-state index in [1.54, 1.807) is 6.92 Å². The summed E-state index contributed by atoms with van der Waals surface area (Å²) in [5.74, 6) is 0.497. The highest BCUT2D eigenvalue weighted by molar-refractivity contribution is 6.30. The lowest BCUT2D eigenvalue weighted by Gasteiger charge is -2.31. The van der Waals surface area contributed by atoms with Crippen molar-refractivity contribution in [2.45, 2.75) is 57.5 Å². The molecule has 1 amide bonds.